The molecule has 0 bridgehead atoms. The van der Waals surface area contributed by atoms with Gasteiger partial charge in [-0.2, -0.15) is 5.10 Å². The monoisotopic (exact) mass is 493 g/mol. The normalized spacial score (nSPS) is 26.9. The molecule has 0 amide bonds. The van der Waals surface area contributed by atoms with Crippen molar-refractivity contribution in [2.24, 2.45) is 24.3 Å². The number of nitrogens with zero attached hydrogens (tertiary/aromatic N) is 3. The number of aromatic nitrogens is 3. The highest BCUT2D eigenvalue weighted by molar-refractivity contribution is 8.00. The number of rotatable bonds is 6. The number of pyridine rings is 1. The summed E-state index contributed by atoms with van der Waals surface area (Å²) in [5.74, 6) is -0.118. The topological polar surface area (TPSA) is 106 Å². The number of carbonyl (C=O) groups excluding carboxylic acids is 1. The second-order valence-corrected chi connectivity index (χ2v) is 11.7. The summed E-state index contributed by atoms with van der Waals surface area (Å²) < 4.78 is 32.9. The van der Waals surface area contributed by atoms with Crippen LogP contribution in [0.4, 0.5) is 0 Å². The number of Topliss-reactive ketones (excluding diaryl/α,β-unsaturated/α-hetero) is 1. The van der Waals surface area contributed by atoms with Crippen molar-refractivity contribution in [2.45, 2.75) is 0 Å². The van der Waals surface area contributed by atoms with Crippen molar-refractivity contribution in [3.05, 3.63) is 76.8 Å². The van der Waals surface area contributed by atoms with E-state index in [4.69, 9.17) is 0 Å². The fourth-order valence-corrected chi connectivity index (χ4v) is 6.89. The first-order valence-electron chi connectivity index (χ1n) is 11.0. The van der Waals surface area contributed by atoms with Crippen LogP contribution in [0.15, 0.2) is 65.5 Å². The quantitative estimate of drug-likeness (QED) is 0.596. The average Bonchev–Trinajstić information content (AvgIpc) is 3.14. The minimum Gasteiger partial charge on any atom is -0.293 e. The number of carbonyl (C=O) groups is 1. The minimum atomic E-state index is -3.54. The number of aryl methyl sites for hydroxylation is 1. The van der Waals surface area contributed by atoms with Gasteiger partial charge in [0.05, 0.1) is 23.1 Å². The van der Waals surface area contributed by atoms with E-state index in [9.17, 15) is 13.2 Å². The van der Waals surface area contributed by atoms with Crippen molar-refractivity contribution < 1.29 is 13.2 Å². The van der Waals surface area contributed by atoms with Crippen LogP contribution in [0.5, 0.6) is 0 Å². The zero-order valence-corrected chi connectivity index (χ0v) is 20.1. The van der Waals surface area contributed by atoms with E-state index in [1.807, 2.05) is 55.1 Å². The van der Waals surface area contributed by atoms with Gasteiger partial charge in [-0.15, -0.1) is 0 Å². The van der Waals surface area contributed by atoms with E-state index in [1.54, 1.807) is 17.1 Å². The molecule has 1 spiro atoms. The molecular formula is C24H23N5O3S2. The van der Waals surface area contributed by atoms with Crippen molar-refractivity contribution >= 4 is 33.8 Å². The Labute approximate surface area is 202 Å². The third-order valence-electron chi connectivity index (χ3n) is 6.86. The number of nitrogens with one attached hydrogen (secondary N) is 2. The standard InChI is InChI=1S/C24H23N5O3S2/c1-29-12-18(11-26-29)17-6-19-22(25-10-17)5-4-21-20-3-2-15(7-24(20,21)23(19)30)14-34(31,32)28-9-16-8-27-33-13-16/h2-7,10-13,20-21,27-28H,8-9,14H2,1H3. The maximum absolute atomic E-state index is 13.9. The molecule has 2 aromatic rings. The summed E-state index contributed by atoms with van der Waals surface area (Å²) in [5.41, 5.74) is 3.83. The van der Waals surface area contributed by atoms with Gasteiger partial charge in [0.2, 0.25) is 10.0 Å². The Bertz CT molecular complexity index is 1440. The molecule has 2 N–H and O–H groups in total. The van der Waals surface area contributed by atoms with Crippen molar-refractivity contribution in [1.82, 2.24) is 24.2 Å². The maximum Gasteiger partial charge on any atom is 0.216 e. The zero-order chi connectivity index (χ0) is 23.5. The molecule has 2 aromatic heterocycles. The number of allylic oxidation sites excluding steroid dienone is 4. The van der Waals surface area contributed by atoms with Gasteiger partial charge in [-0.3, -0.25) is 19.2 Å². The summed E-state index contributed by atoms with van der Waals surface area (Å²) >= 11 is 1.46. The smallest absolute Gasteiger partial charge is 0.216 e. The Balaban J connectivity index is 1.29. The van der Waals surface area contributed by atoms with E-state index < -0.39 is 15.4 Å². The first-order chi connectivity index (χ1) is 16.4. The van der Waals surface area contributed by atoms with Crippen molar-refractivity contribution in [3.63, 3.8) is 0 Å². The zero-order valence-electron chi connectivity index (χ0n) is 18.4. The van der Waals surface area contributed by atoms with Crippen molar-refractivity contribution in [1.29, 1.82) is 0 Å². The largest absolute Gasteiger partial charge is 0.293 e. The summed E-state index contributed by atoms with van der Waals surface area (Å²) in [7, 11) is -1.70. The highest BCUT2D eigenvalue weighted by atomic mass is 32.2. The summed E-state index contributed by atoms with van der Waals surface area (Å²) in [4.78, 5) is 18.4. The van der Waals surface area contributed by atoms with Gasteiger partial charge < -0.3 is 0 Å². The van der Waals surface area contributed by atoms with Crippen LogP contribution in [0.25, 0.3) is 17.2 Å². The van der Waals surface area contributed by atoms with Crippen molar-refractivity contribution in [3.8, 4) is 11.1 Å². The molecule has 4 aliphatic rings. The SMILES string of the molecule is Cn1cc(-c2cnc3c(c2)C(=O)C24C=C(CS(=O)(=O)NCC5=CSNC5)C=CC2C4C=C3)cn1. The third kappa shape index (κ3) is 3.61. The summed E-state index contributed by atoms with van der Waals surface area (Å²) in [5, 5.41) is 6.13. The summed E-state index contributed by atoms with van der Waals surface area (Å²) in [6, 6.07) is 1.88. The minimum absolute atomic E-state index is 0.00667. The number of fused-ring (bicyclic) bond motifs is 2. The van der Waals surface area contributed by atoms with Gasteiger partial charge in [0.1, 0.15) is 0 Å². The van der Waals surface area contributed by atoms with E-state index in [2.05, 4.69) is 19.5 Å². The van der Waals surface area contributed by atoms with Gasteiger partial charge >= 0.3 is 0 Å². The molecule has 8 nitrogen and oxygen atoms in total. The van der Waals surface area contributed by atoms with Gasteiger partial charge in [0, 0.05) is 61.1 Å². The fraction of sp³-hybridized carbons (Fsp3) is 0.292. The average molecular weight is 494 g/mol. The number of hydrogen-bond acceptors (Lipinski definition) is 7. The van der Waals surface area contributed by atoms with E-state index >= 15 is 0 Å². The predicted octanol–water partition coefficient (Wildman–Crippen LogP) is 2.47. The Morgan fingerprint density at radius 2 is 2.06 bits per heavy atom. The van der Waals surface area contributed by atoms with Crippen LogP contribution < -0.4 is 9.44 Å². The predicted molar refractivity (Wildman–Crippen MR) is 132 cm³/mol. The molecule has 3 unspecified atom stereocenters. The molecule has 1 saturated carbocycles. The Morgan fingerprint density at radius 1 is 1.24 bits per heavy atom. The van der Waals surface area contributed by atoms with Crippen LogP contribution in [-0.4, -0.2) is 47.8 Å². The van der Waals surface area contributed by atoms with Crippen LogP contribution in [0.2, 0.25) is 0 Å². The highest BCUT2D eigenvalue weighted by Gasteiger charge is 2.67. The van der Waals surface area contributed by atoms with Gasteiger partial charge in [-0.25, -0.2) is 13.1 Å². The molecule has 3 aliphatic carbocycles. The second-order valence-electron chi connectivity index (χ2n) is 9.11. The van der Waals surface area contributed by atoms with E-state index in [0.717, 1.165) is 16.7 Å². The lowest BCUT2D eigenvalue weighted by Gasteiger charge is -2.18. The van der Waals surface area contributed by atoms with Crippen molar-refractivity contribution in [2.75, 3.05) is 18.8 Å². The van der Waals surface area contributed by atoms with Gasteiger partial charge in [-0.05, 0) is 28.7 Å². The van der Waals surface area contributed by atoms with E-state index in [1.165, 1.54) is 11.9 Å². The van der Waals surface area contributed by atoms with Crippen LogP contribution >= 0.6 is 11.9 Å². The Morgan fingerprint density at radius 3 is 2.79 bits per heavy atom. The number of hydrogen-bond donors (Lipinski definition) is 2. The summed E-state index contributed by atoms with van der Waals surface area (Å²) in [6.45, 7) is 0.950. The Kier molecular flexibility index (Phi) is 5.03. The molecule has 1 fully saturated rings. The van der Waals surface area contributed by atoms with Crippen LogP contribution in [0, 0.1) is 17.3 Å². The molecule has 10 heteroatoms. The van der Waals surface area contributed by atoms with Gasteiger partial charge in [0.25, 0.3) is 0 Å². The molecule has 0 radical (unpaired) electrons. The molecular weight excluding hydrogens is 470 g/mol. The van der Waals surface area contributed by atoms with E-state index in [-0.39, 0.29) is 29.9 Å². The lowest BCUT2D eigenvalue weighted by Crippen LogP contribution is -2.30. The molecule has 3 atom stereocenters. The molecule has 0 aromatic carbocycles. The second kappa shape index (κ2) is 7.88. The molecule has 1 aliphatic heterocycles. The fourth-order valence-electron chi connectivity index (χ4n) is 5.08. The highest BCUT2D eigenvalue weighted by Crippen LogP contribution is 2.66. The van der Waals surface area contributed by atoms with Gasteiger partial charge in [-0.1, -0.05) is 36.3 Å². The van der Waals surface area contributed by atoms with E-state index in [0.29, 0.717) is 23.4 Å². The first-order valence-corrected chi connectivity index (χ1v) is 13.5. The number of sulfonamides is 1. The lowest BCUT2D eigenvalue weighted by atomic mass is 9.86. The first kappa shape index (κ1) is 21.7. The van der Waals surface area contributed by atoms with Crippen LogP contribution in [0.1, 0.15) is 16.1 Å². The Hall–Kier alpha value is -2.79. The molecule has 174 valence electrons. The van der Waals surface area contributed by atoms with Crippen LogP contribution in [-0.2, 0) is 17.1 Å². The number of ketones is 1. The third-order valence-corrected chi connectivity index (χ3v) is 8.92. The molecule has 0 saturated heterocycles. The van der Waals surface area contributed by atoms with Gasteiger partial charge in [0.15, 0.2) is 5.78 Å². The summed E-state index contributed by atoms with van der Waals surface area (Å²) in [6.07, 6.45) is 15.1. The van der Waals surface area contributed by atoms with Crippen LogP contribution in [0.3, 0.4) is 0 Å². The molecule has 34 heavy (non-hydrogen) atoms. The lowest BCUT2D eigenvalue weighted by molar-refractivity contribution is 0.0918. The molecule has 6 rings (SSSR count). The maximum atomic E-state index is 13.9. The molecule has 3 heterocycles.